The Morgan fingerprint density at radius 3 is 2.58 bits per heavy atom. The lowest BCUT2D eigenvalue weighted by Gasteiger charge is -2.33. The normalized spacial score (nSPS) is 37.2. The third kappa shape index (κ3) is 2.48. The zero-order valence-corrected chi connectivity index (χ0v) is 8.59. The maximum Gasteiger partial charge on any atom is 0.0594 e. The third-order valence-corrected chi connectivity index (χ3v) is 3.07. The Hall–Kier alpha value is -0.0400. The van der Waals surface area contributed by atoms with Gasteiger partial charge >= 0.3 is 0 Å². The molecule has 1 N–H and O–H groups in total. The lowest BCUT2D eigenvalue weighted by molar-refractivity contribution is 0.0163. The second kappa shape index (κ2) is 4.27. The monoisotopic (exact) mass is 170 g/mol. The van der Waals surface area contributed by atoms with Crippen molar-refractivity contribution >= 4 is 0 Å². The summed E-state index contributed by atoms with van der Waals surface area (Å²) in [5, 5.41) is 9.89. The predicted molar refractivity (Wildman–Crippen MR) is 52.0 cm³/mol. The Morgan fingerprint density at radius 2 is 2.00 bits per heavy atom. The summed E-state index contributed by atoms with van der Waals surface area (Å²) in [6.45, 7) is 6.66. The van der Waals surface area contributed by atoms with Crippen LogP contribution in [0.1, 0.15) is 46.5 Å². The Kier molecular flexibility index (Phi) is 3.57. The molecule has 1 aliphatic rings. The number of aliphatic hydroxyl groups excluding tert-OH is 1. The lowest BCUT2D eigenvalue weighted by Crippen LogP contribution is -2.32. The molecule has 0 aromatic rings. The van der Waals surface area contributed by atoms with Crippen molar-refractivity contribution in [3.63, 3.8) is 0 Å². The number of hydrogen-bond donors (Lipinski definition) is 1. The maximum atomic E-state index is 9.89. The molecule has 3 atom stereocenters. The molecule has 0 radical (unpaired) electrons. The van der Waals surface area contributed by atoms with Crippen LogP contribution in [-0.4, -0.2) is 11.2 Å². The Balaban J connectivity index is 2.41. The molecule has 0 amide bonds. The van der Waals surface area contributed by atoms with Crippen LogP contribution in [0.4, 0.5) is 0 Å². The number of rotatable bonds is 2. The fraction of sp³-hybridized carbons (Fsp3) is 1.00. The fourth-order valence-corrected chi connectivity index (χ4v) is 2.37. The second-order valence-corrected chi connectivity index (χ2v) is 4.79. The Morgan fingerprint density at radius 1 is 1.33 bits per heavy atom. The number of hydrogen-bond acceptors (Lipinski definition) is 1. The van der Waals surface area contributed by atoms with E-state index in [1.807, 2.05) is 0 Å². The first-order valence-corrected chi connectivity index (χ1v) is 5.29. The molecule has 1 heteroatoms. The fourth-order valence-electron chi connectivity index (χ4n) is 2.37. The molecule has 0 aromatic heterocycles. The smallest absolute Gasteiger partial charge is 0.0594 e. The summed E-state index contributed by atoms with van der Waals surface area (Å²) in [5.41, 5.74) is 0. The molecule has 1 aliphatic carbocycles. The first-order valence-electron chi connectivity index (χ1n) is 5.29. The van der Waals surface area contributed by atoms with Crippen LogP contribution in [0.2, 0.25) is 0 Å². The summed E-state index contributed by atoms with van der Waals surface area (Å²) in [5.74, 6) is 1.84. The summed E-state index contributed by atoms with van der Waals surface area (Å²) in [6, 6.07) is 0. The van der Waals surface area contributed by atoms with Gasteiger partial charge in [0.15, 0.2) is 0 Å². The van der Waals surface area contributed by atoms with Gasteiger partial charge in [0.05, 0.1) is 6.10 Å². The highest BCUT2D eigenvalue weighted by Gasteiger charge is 2.28. The lowest BCUT2D eigenvalue weighted by atomic mass is 9.76. The van der Waals surface area contributed by atoms with E-state index in [9.17, 15) is 5.11 Å². The van der Waals surface area contributed by atoms with Crippen molar-refractivity contribution in [3.05, 3.63) is 0 Å². The Labute approximate surface area is 76.2 Å². The van der Waals surface area contributed by atoms with E-state index in [0.717, 1.165) is 5.92 Å². The van der Waals surface area contributed by atoms with Crippen molar-refractivity contribution in [2.24, 2.45) is 17.8 Å². The molecule has 0 bridgehead atoms. The van der Waals surface area contributed by atoms with Crippen LogP contribution in [0.25, 0.3) is 0 Å². The van der Waals surface area contributed by atoms with E-state index >= 15 is 0 Å². The summed E-state index contributed by atoms with van der Waals surface area (Å²) in [4.78, 5) is 0. The van der Waals surface area contributed by atoms with Crippen molar-refractivity contribution in [2.75, 3.05) is 0 Å². The summed E-state index contributed by atoms with van der Waals surface area (Å²) < 4.78 is 0. The van der Waals surface area contributed by atoms with Gasteiger partial charge in [0.25, 0.3) is 0 Å². The molecular weight excluding hydrogens is 148 g/mol. The van der Waals surface area contributed by atoms with Gasteiger partial charge in [0.2, 0.25) is 0 Å². The van der Waals surface area contributed by atoms with Crippen LogP contribution >= 0.6 is 0 Å². The molecule has 0 heterocycles. The van der Waals surface area contributed by atoms with Crippen LogP contribution in [0.3, 0.4) is 0 Å². The Bertz CT molecular complexity index is 131. The van der Waals surface area contributed by atoms with E-state index in [4.69, 9.17) is 0 Å². The molecule has 1 rings (SSSR count). The molecule has 12 heavy (non-hydrogen) atoms. The molecule has 3 unspecified atom stereocenters. The van der Waals surface area contributed by atoms with Crippen LogP contribution in [0.5, 0.6) is 0 Å². The van der Waals surface area contributed by atoms with E-state index in [1.165, 1.54) is 25.7 Å². The van der Waals surface area contributed by atoms with Crippen molar-refractivity contribution < 1.29 is 5.11 Å². The second-order valence-electron chi connectivity index (χ2n) is 4.79. The van der Waals surface area contributed by atoms with Gasteiger partial charge in [-0.1, -0.05) is 27.2 Å². The van der Waals surface area contributed by atoms with Crippen molar-refractivity contribution in [3.8, 4) is 0 Å². The van der Waals surface area contributed by atoms with Gasteiger partial charge in [0, 0.05) is 0 Å². The molecule has 0 saturated heterocycles. The highest BCUT2D eigenvalue weighted by atomic mass is 16.3. The standard InChI is InChI=1S/C11H22O/c1-8(2)7-10-6-4-5-9(3)11(10)12/h8-12H,4-7H2,1-3H3. The minimum Gasteiger partial charge on any atom is -0.393 e. The van der Waals surface area contributed by atoms with Gasteiger partial charge in [0.1, 0.15) is 0 Å². The molecule has 1 fully saturated rings. The molecule has 0 aliphatic heterocycles. The SMILES string of the molecule is CC(C)CC1CCCC(C)C1O. The molecule has 1 nitrogen and oxygen atoms in total. The summed E-state index contributed by atoms with van der Waals surface area (Å²) in [7, 11) is 0. The first kappa shape index (κ1) is 10.0. The zero-order chi connectivity index (χ0) is 9.14. The minimum atomic E-state index is -0.0267. The van der Waals surface area contributed by atoms with Gasteiger partial charge in [-0.3, -0.25) is 0 Å². The van der Waals surface area contributed by atoms with Gasteiger partial charge in [-0.15, -0.1) is 0 Å². The van der Waals surface area contributed by atoms with Gasteiger partial charge in [-0.2, -0.15) is 0 Å². The topological polar surface area (TPSA) is 20.2 Å². The van der Waals surface area contributed by atoms with Crippen LogP contribution < -0.4 is 0 Å². The molecule has 72 valence electrons. The highest BCUT2D eigenvalue weighted by molar-refractivity contribution is 4.79. The predicted octanol–water partition coefficient (Wildman–Crippen LogP) is 2.83. The van der Waals surface area contributed by atoms with Gasteiger partial charge in [-0.05, 0) is 37.0 Å². The van der Waals surface area contributed by atoms with E-state index in [-0.39, 0.29) is 6.10 Å². The largest absolute Gasteiger partial charge is 0.393 e. The van der Waals surface area contributed by atoms with E-state index in [0.29, 0.717) is 11.8 Å². The van der Waals surface area contributed by atoms with Crippen molar-refractivity contribution in [1.29, 1.82) is 0 Å². The van der Waals surface area contributed by atoms with Crippen LogP contribution in [-0.2, 0) is 0 Å². The molecular formula is C11H22O. The minimum absolute atomic E-state index is 0.0267. The number of aliphatic hydroxyl groups is 1. The third-order valence-electron chi connectivity index (χ3n) is 3.07. The quantitative estimate of drug-likeness (QED) is 0.675. The molecule has 1 saturated carbocycles. The zero-order valence-electron chi connectivity index (χ0n) is 8.59. The van der Waals surface area contributed by atoms with E-state index < -0.39 is 0 Å². The van der Waals surface area contributed by atoms with E-state index in [1.54, 1.807) is 0 Å². The molecule has 0 aromatic carbocycles. The van der Waals surface area contributed by atoms with Gasteiger partial charge in [-0.25, -0.2) is 0 Å². The van der Waals surface area contributed by atoms with Crippen molar-refractivity contribution in [2.45, 2.75) is 52.6 Å². The van der Waals surface area contributed by atoms with Crippen molar-refractivity contribution in [1.82, 2.24) is 0 Å². The van der Waals surface area contributed by atoms with Crippen LogP contribution in [0, 0.1) is 17.8 Å². The maximum absolute atomic E-state index is 9.89. The van der Waals surface area contributed by atoms with Crippen LogP contribution in [0.15, 0.2) is 0 Å². The first-order chi connectivity index (χ1) is 5.61. The van der Waals surface area contributed by atoms with E-state index in [2.05, 4.69) is 20.8 Å². The summed E-state index contributed by atoms with van der Waals surface area (Å²) >= 11 is 0. The summed E-state index contributed by atoms with van der Waals surface area (Å²) in [6.07, 6.45) is 4.95. The van der Waals surface area contributed by atoms with Gasteiger partial charge < -0.3 is 5.11 Å². The highest BCUT2D eigenvalue weighted by Crippen LogP contribution is 2.32. The average molecular weight is 170 g/mol. The molecule has 0 spiro atoms. The average Bonchev–Trinajstić information content (AvgIpc) is 1.98.